The first-order chi connectivity index (χ1) is 8.54. The van der Waals surface area contributed by atoms with Gasteiger partial charge in [0.25, 0.3) is 0 Å². The molecular formula is C16H28O2. The van der Waals surface area contributed by atoms with Crippen molar-refractivity contribution in [3.8, 4) is 0 Å². The third-order valence-electron chi connectivity index (χ3n) is 4.16. The first kappa shape index (κ1) is 15.3. The van der Waals surface area contributed by atoms with Gasteiger partial charge in [-0.2, -0.15) is 0 Å². The third-order valence-corrected chi connectivity index (χ3v) is 4.16. The number of hydrogen-bond donors (Lipinski definition) is 1. The van der Waals surface area contributed by atoms with E-state index < -0.39 is 0 Å². The molecule has 1 fully saturated rings. The van der Waals surface area contributed by atoms with Gasteiger partial charge in [-0.1, -0.05) is 52.9 Å². The molecule has 0 bridgehead atoms. The maximum Gasteiger partial charge on any atom is 0.161 e. The molecule has 1 aliphatic rings. The second-order valence-corrected chi connectivity index (χ2v) is 5.95. The standard InChI is InChI=1S/C16H28O2/c1-4-7-12(2)15(17)11-16(18)13(3)10-14-8-5-6-9-14/h11-14,17H,4-10H2,1-3H3/b15-11-. The van der Waals surface area contributed by atoms with Crippen LogP contribution >= 0.6 is 0 Å². The maximum absolute atomic E-state index is 12.0. The van der Waals surface area contributed by atoms with Gasteiger partial charge in [-0.3, -0.25) is 4.79 Å². The molecule has 1 rings (SSSR count). The number of allylic oxidation sites excluding steroid dienone is 2. The van der Waals surface area contributed by atoms with Crippen LogP contribution in [0.5, 0.6) is 0 Å². The van der Waals surface area contributed by atoms with Gasteiger partial charge in [-0.25, -0.2) is 0 Å². The summed E-state index contributed by atoms with van der Waals surface area (Å²) in [6.07, 6.45) is 9.63. The molecule has 1 saturated carbocycles. The highest BCUT2D eigenvalue weighted by molar-refractivity contribution is 5.91. The Bertz CT molecular complexity index is 287. The summed E-state index contributed by atoms with van der Waals surface area (Å²) in [4.78, 5) is 12.0. The molecular weight excluding hydrogens is 224 g/mol. The molecule has 1 N–H and O–H groups in total. The van der Waals surface area contributed by atoms with E-state index in [1.165, 1.54) is 31.8 Å². The number of hydrogen-bond acceptors (Lipinski definition) is 2. The zero-order chi connectivity index (χ0) is 13.5. The Morgan fingerprint density at radius 1 is 1.28 bits per heavy atom. The number of carbonyl (C=O) groups excluding carboxylic acids is 1. The van der Waals surface area contributed by atoms with Gasteiger partial charge < -0.3 is 5.11 Å². The summed E-state index contributed by atoms with van der Waals surface area (Å²) in [7, 11) is 0. The fourth-order valence-electron chi connectivity index (χ4n) is 2.87. The summed E-state index contributed by atoms with van der Waals surface area (Å²) >= 11 is 0. The second-order valence-electron chi connectivity index (χ2n) is 5.95. The molecule has 0 saturated heterocycles. The lowest BCUT2D eigenvalue weighted by Crippen LogP contribution is -2.14. The largest absolute Gasteiger partial charge is 0.512 e. The third kappa shape index (κ3) is 4.83. The molecule has 18 heavy (non-hydrogen) atoms. The fraction of sp³-hybridized carbons (Fsp3) is 0.812. The minimum absolute atomic E-state index is 0.0593. The van der Waals surface area contributed by atoms with Crippen LogP contribution in [0.2, 0.25) is 0 Å². The monoisotopic (exact) mass is 252 g/mol. The van der Waals surface area contributed by atoms with Crippen LogP contribution in [0.25, 0.3) is 0 Å². The molecule has 0 spiro atoms. The predicted octanol–water partition coefficient (Wildman–Crippen LogP) is 4.65. The molecule has 1 aliphatic carbocycles. The number of carbonyl (C=O) groups is 1. The lowest BCUT2D eigenvalue weighted by atomic mass is 9.90. The van der Waals surface area contributed by atoms with Crippen LogP contribution in [0.15, 0.2) is 11.8 Å². The lowest BCUT2D eigenvalue weighted by Gasteiger charge is -2.14. The second kappa shape index (κ2) is 7.60. The van der Waals surface area contributed by atoms with Crippen molar-refractivity contribution in [3.63, 3.8) is 0 Å². The van der Waals surface area contributed by atoms with Crippen molar-refractivity contribution in [3.05, 3.63) is 11.8 Å². The molecule has 0 aromatic carbocycles. The van der Waals surface area contributed by atoms with E-state index in [0.717, 1.165) is 25.2 Å². The van der Waals surface area contributed by atoms with E-state index in [9.17, 15) is 9.90 Å². The molecule has 0 amide bonds. The summed E-state index contributed by atoms with van der Waals surface area (Å²) in [5.74, 6) is 1.26. The molecule has 2 atom stereocenters. The molecule has 0 aromatic heterocycles. The molecule has 2 unspecified atom stereocenters. The topological polar surface area (TPSA) is 37.3 Å². The van der Waals surface area contributed by atoms with E-state index in [-0.39, 0.29) is 23.4 Å². The van der Waals surface area contributed by atoms with Gasteiger partial charge in [-0.05, 0) is 18.8 Å². The van der Waals surface area contributed by atoms with Gasteiger partial charge in [0.15, 0.2) is 5.78 Å². The van der Waals surface area contributed by atoms with E-state index in [4.69, 9.17) is 0 Å². The van der Waals surface area contributed by atoms with Crippen molar-refractivity contribution in [2.24, 2.45) is 17.8 Å². The normalized spacial score (nSPS) is 20.9. The van der Waals surface area contributed by atoms with Crippen LogP contribution < -0.4 is 0 Å². The van der Waals surface area contributed by atoms with E-state index in [2.05, 4.69) is 6.92 Å². The summed E-state index contributed by atoms with van der Waals surface area (Å²) in [5, 5.41) is 9.87. The Morgan fingerprint density at radius 2 is 1.89 bits per heavy atom. The fourth-order valence-corrected chi connectivity index (χ4v) is 2.87. The minimum Gasteiger partial charge on any atom is -0.512 e. The first-order valence-corrected chi connectivity index (χ1v) is 7.49. The molecule has 104 valence electrons. The van der Waals surface area contributed by atoms with Crippen LogP contribution in [0.4, 0.5) is 0 Å². The van der Waals surface area contributed by atoms with Crippen LogP contribution in [0.3, 0.4) is 0 Å². The van der Waals surface area contributed by atoms with Gasteiger partial charge in [0, 0.05) is 17.9 Å². The van der Waals surface area contributed by atoms with Gasteiger partial charge in [-0.15, -0.1) is 0 Å². The zero-order valence-corrected chi connectivity index (χ0v) is 12.1. The summed E-state index contributed by atoms with van der Waals surface area (Å²) < 4.78 is 0. The van der Waals surface area contributed by atoms with Crippen molar-refractivity contribution in [1.82, 2.24) is 0 Å². The summed E-state index contributed by atoms with van der Waals surface area (Å²) in [5.41, 5.74) is 0. The van der Waals surface area contributed by atoms with Gasteiger partial charge >= 0.3 is 0 Å². The van der Waals surface area contributed by atoms with Gasteiger partial charge in [0.1, 0.15) is 0 Å². The Hall–Kier alpha value is -0.790. The lowest BCUT2D eigenvalue weighted by molar-refractivity contribution is -0.118. The van der Waals surface area contributed by atoms with Crippen LogP contribution in [-0.4, -0.2) is 10.9 Å². The maximum atomic E-state index is 12.0. The Balaban J connectivity index is 2.44. The van der Waals surface area contributed by atoms with Crippen molar-refractivity contribution in [2.45, 2.75) is 65.7 Å². The van der Waals surface area contributed by atoms with E-state index in [1.807, 2.05) is 13.8 Å². The quantitative estimate of drug-likeness (QED) is 0.529. The number of rotatable bonds is 7. The van der Waals surface area contributed by atoms with Crippen molar-refractivity contribution < 1.29 is 9.90 Å². The first-order valence-electron chi connectivity index (χ1n) is 7.49. The summed E-state index contributed by atoms with van der Waals surface area (Å²) in [6, 6.07) is 0. The predicted molar refractivity (Wildman–Crippen MR) is 75.5 cm³/mol. The number of aliphatic hydroxyl groups excluding tert-OH is 1. The Kier molecular flexibility index (Phi) is 6.45. The van der Waals surface area contributed by atoms with Crippen LogP contribution in [0.1, 0.15) is 65.7 Å². The number of ketones is 1. The van der Waals surface area contributed by atoms with E-state index >= 15 is 0 Å². The van der Waals surface area contributed by atoms with E-state index in [1.54, 1.807) is 0 Å². The van der Waals surface area contributed by atoms with Gasteiger partial charge in [0.05, 0.1) is 5.76 Å². The van der Waals surface area contributed by atoms with Crippen LogP contribution in [-0.2, 0) is 4.79 Å². The Labute approximate surface area is 111 Å². The van der Waals surface area contributed by atoms with Crippen molar-refractivity contribution in [2.75, 3.05) is 0 Å². The zero-order valence-electron chi connectivity index (χ0n) is 12.1. The van der Waals surface area contributed by atoms with Gasteiger partial charge in [0.2, 0.25) is 0 Å². The average molecular weight is 252 g/mol. The molecule has 0 aliphatic heterocycles. The summed E-state index contributed by atoms with van der Waals surface area (Å²) in [6.45, 7) is 6.06. The average Bonchev–Trinajstić information content (AvgIpc) is 2.81. The Morgan fingerprint density at radius 3 is 2.44 bits per heavy atom. The SMILES string of the molecule is CCCC(C)/C(O)=C/C(=O)C(C)CC1CCCC1. The van der Waals surface area contributed by atoms with Crippen molar-refractivity contribution >= 4 is 5.78 Å². The minimum atomic E-state index is 0.0593. The van der Waals surface area contributed by atoms with E-state index in [0.29, 0.717) is 0 Å². The highest BCUT2D eigenvalue weighted by Gasteiger charge is 2.21. The number of aliphatic hydroxyl groups is 1. The highest BCUT2D eigenvalue weighted by atomic mass is 16.3. The van der Waals surface area contributed by atoms with Crippen molar-refractivity contribution in [1.29, 1.82) is 0 Å². The highest BCUT2D eigenvalue weighted by Crippen LogP contribution is 2.30. The molecule has 2 nitrogen and oxygen atoms in total. The molecule has 0 heterocycles. The van der Waals surface area contributed by atoms with Crippen LogP contribution in [0, 0.1) is 17.8 Å². The smallest absolute Gasteiger partial charge is 0.161 e. The molecule has 2 heteroatoms. The molecule has 0 radical (unpaired) electrons. The molecule has 0 aromatic rings.